The summed E-state index contributed by atoms with van der Waals surface area (Å²) in [7, 11) is -0.448. The molecule has 0 aliphatic carbocycles. The van der Waals surface area contributed by atoms with Crippen LogP contribution >= 0.6 is 11.8 Å². The maximum Gasteiger partial charge on any atom is 0.353 e. The van der Waals surface area contributed by atoms with E-state index in [2.05, 4.69) is 10.0 Å². The third-order valence-electron chi connectivity index (χ3n) is 6.85. The van der Waals surface area contributed by atoms with E-state index < -0.39 is 39.9 Å². The van der Waals surface area contributed by atoms with Gasteiger partial charge in [-0.2, -0.15) is 0 Å². The maximum atomic E-state index is 13.1. The number of likely N-dealkylation sites (N-methyl/N-ethyl adjacent to an activating group) is 1. The number of nitrogens with one attached hydrogen (secondary N) is 2. The minimum absolute atomic E-state index is 0.0167. The van der Waals surface area contributed by atoms with E-state index in [0.29, 0.717) is 17.9 Å². The van der Waals surface area contributed by atoms with Gasteiger partial charge in [-0.1, -0.05) is 25.1 Å². The molecule has 2 amide bonds. The van der Waals surface area contributed by atoms with Crippen molar-refractivity contribution in [1.82, 2.24) is 19.8 Å². The van der Waals surface area contributed by atoms with E-state index in [1.54, 1.807) is 39.2 Å². The summed E-state index contributed by atoms with van der Waals surface area (Å²) in [6.45, 7) is 4.06. The maximum absolute atomic E-state index is 13.1. The number of benzene rings is 1. The van der Waals surface area contributed by atoms with Crippen molar-refractivity contribution >= 4 is 39.6 Å². The lowest BCUT2D eigenvalue weighted by Gasteiger charge is -2.47. The molecule has 0 saturated carbocycles. The molecule has 190 valence electrons. The number of sulfonamides is 1. The largest absolute Gasteiger partial charge is 0.477 e. The minimum Gasteiger partial charge on any atom is -0.477 e. The van der Waals surface area contributed by atoms with Crippen molar-refractivity contribution in [3.8, 4) is 0 Å². The first-order chi connectivity index (χ1) is 16.4. The standard InChI is InChI=1S/C23H30N4O6S2/c1-12-18-17(13(2)25-35(32,33)15-8-6-5-7-9-15)22(29)27(18)19(23(30)31)20(12)34-14-10-16(24-11-14)21(28)26(3)4/h5-9,12-14,16-18,24-25H,10-11H2,1-4H3,(H,30,31)/t12-,13?,14+,16+,17-,18-/m1/s1. The highest BCUT2D eigenvalue weighted by Crippen LogP contribution is 2.52. The summed E-state index contributed by atoms with van der Waals surface area (Å²) in [6.07, 6.45) is 0.556. The number of carboxylic acid groups (broad SMARTS) is 1. The fourth-order valence-electron chi connectivity index (χ4n) is 5.15. The molecular formula is C23H30N4O6S2. The van der Waals surface area contributed by atoms with Gasteiger partial charge >= 0.3 is 5.97 Å². The van der Waals surface area contributed by atoms with Gasteiger partial charge in [-0.25, -0.2) is 17.9 Å². The lowest BCUT2D eigenvalue weighted by atomic mass is 9.78. The molecule has 10 nitrogen and oxygen atoms in total. The highest BCUT2D eigenvalue weighted by Gasteiger charge is 2.60. The number of hydrogen-bond donors (Lipinski definition) is 3. The zero-order valence-electron chi connectivity index (χ0n) is 20.0. The summed E-state index contributed by atoms with van der Waals surface area (Å²) in [5.74, 6) is -2.57. The van der Waals surface area contributed by atoms with Crippen LogP contribution in [0.2, 0.25) is 0 Å². The first-order valence-electron chi connectivity index (χ1n) is 11.4. The van der Waals surface area contributed by atoms with E-state index >= 15 is 0 Å². The summed E-state index contributed by atoms with van der Waals surface area (Å²) in [5.41, 5.74) is -0.0331. The molecule has 4 rings (SSSR count). The van der Waals surface area contributed by atoms with Crippen LogP contribution in [-0.2, 0) is 24.4 Å². The van der Waals surface area contributed by atoms with Crippen LogP contribution in [0.4, 0.5) is 0 Å². The van der Waals surface area contributed by atoms with Gasteiger partial charge in [0.05, 0.1) is 22.9 Å². The van der Waals surface area contributed by atoms with Crippen LogP contribution < -0.4 is 10.0 Å². The molecule has 1 aromatic carbocycles. The Labute approximate surface area is 209 Å². The van der Waals surface area contributed by atoms with Gasteiger partial charge < -0.3 is 20.2 Å². The molecule has 3 aliphatic rings. The molecule has 0 spiro atoms. The molecule has 35 heavy (non-hydrogen) atoms. The first kappa shape index (κ1) is 25.7. The van der Waals surface area contributed by atoms with Gasteiger partial charge in [0.1, 0.15) is 5.70 Å². The second-order valence-electron chi connectivity index (χ2n) is 9.42. The lowest BCUT2D eigenvalue weighted by molar-refractivity contribution is -0.157. The second-order valence-corrected chi connectivity index (χ2v) is 12.5. The number of thioether (sulfide) groups is 1. The highest BCUT2D eigenvalue weighted by molar-refractivity contribution is 8.03. The quantitative estimate of drug-likeness (QED) is 0.424. The average molecular weight is 523 g/mol. The van der Waals surface area contributed by atoms with Gasteiger partial charge in [0.2, 0.25) is 21.8 Å². The summed E-state index contributed by atoms with van der Waals surface area (Å²) < 4.78 is 28.2. The Hall–Kier alpha value is -2.41. The number of carbonyl (C=O) groups excluding carboxylic acids is 2. The number of amides is 2. The van der Waals surface area contributed by atoms with Gasteiger partial charge in [-0.15, -0.1) is 11.8 Å². The molecule has 0 aromatic heterocycles. The number of hydrogen-bond acceptors (Lipinski definition) is 7. The number of fused-ring (bicyclic) bond motifs is 1. The van der Waals surface area contributed by atoms with Crippen molar-refractivity contribution < 1.29 is 27.9 Å². The van der Waals surface area contributed by atoms with Crippen molar-refractivity contribution in [2.24, 2.45) is 11.8 Å². The number of carbonyl (C=O) groups is 3. The first-order valence-corrected chi connectivity index (χ1v) is 13.8. The van der Waals surface area contributed by atoms with Crippen LogP contribution in [0, 0.1) is 11.8 Å². The van der Waals surface area contributed by atoms with Crippen LogP contribution in [0.25, 0.3) is 0 Å². The zero-order valence-corrected chi connectivity index (χ0v) is 21.6. The third kappa shape index (κ3) is 4.59. The summed E-state index contributed by atoms with van der Waals surface area (Å²) in [6, 6.07) is 6.42. The Balaban J connectivity index is 1.50. The Bertz CT molecular complexity index is 1170. The van der Waals surface area contributed by atoms with Gasteiger partial charge in [0, 0.05) is 42.8 Å². The van der Waals surface area contributed by atoms with Crippen LogP contribution in [0.15, 0.2) is 45.8 Å². The van der Waals surface area contributed by atoms with Crippen LogP contribution in [0.1, 0.15) is 20.3 Å². The van der Waals surface area contributed by atoms with E-state index in [0.717, 1.165) is 0 Å². The summed E-state index contributed by atoms with van der Waals surface area (Å²) in [4.78, 5) is 41.1. The van der Waals surface area contributed by atoms with Crippen molar-refractivity contribution in [2.75, 3.05) is 20.6 Å². The SMILES string of the molecule is CC(NS(=O)(=O)c1ccccc1)[C@H]1C(=O)N2C(C(=O)O)=C(S[C@@H]3CN[C@H](C(=O)N(C)C)C3)[C@H](C)[C@H]12. The molecule has 2 saturated heterocycles. The van der Waals surface area contributed by atoms with E-state index in [9.17, 15) is 27.9 Å². The third-order valence-corrected chi connectivity index (χ3v) is 9.93. The molecule has 6 atom stereocenters. The molecule has 3 heterocycles. The van der Waals surface area contributed by atoms with E-state index in [4.69, 9.17) is 0 Å². The fourth-order valence-corrected chi connectivity index (χ4v) is 7.92. The minimum atomic E-state index is -3.83. The monoisotopic (exact) mass is 522 g/mol. The Morgan fingerprint density at radius 3 is 2.51 bits per heavy atom. The second kappa shape index (κ2) is 9.57. The predicted octanol–water partition coefficient (Wildman–Crippen LogP) is 0.678. The van der Waals surface area contributed by atoms with Crippen molar-refractivity contribution in [2.45, 2.75) is 48.5 Å². The summed E-state index contributed by atoms with van der Waals surface area (Å²) >= 11 is 1.40. The smallest absolute Gasteiger partial charge is 0.353 e. The molecule has 0 radical (unpaired) electrons. The van der Waals surface area contributed by atoms with Crippen molar-refractivity contribution in [1.29, 1.82) is 0 Å². The number of rotatable bonds is 8. The topological polar surface area (TPSA) is 136 Å². The molecule has 12 heteroatoms. The van der Waals surface area contributed by atoms with Crippen LogP contribution in [0.3, 0.4) is 0 Å². The van der Waals surface area contributed by atoms with E-state index in [1.807, 2.05) is 6.92 Å². The number of nitrogens with zero attached hydrogens (tertiary/aromatic N) is 2. The Morgan fingerprint density at radius 2 is 1.91 bits per heavy atom. The molecule has 3 N–H and O–H groups in total. The number of aliphatic carboxylic acids is 1. The number of β-lactam (4-membered cyclic amide) rings is 1. The highest BCUT2D eigenvalue weighted by atomic mass is 32.2. The number of carboxylic acids is 1. The van der Waals surface area contributed by atoms with Gasteiger partial charge in [-0.05, 0) is 25.5 Å². The molecule has 2 fully saturated rings. The Kier molecular flexibility index (Phi) is 7.02. The average Bonchev–Trinajstić information content (AvgIpc) is 3.35. The molecule has 1 aromatic rings. The van der Waals surface area contributed by atoms with E-state index in [1.165, 1.54) is 33.7 Å². The fraction of sp³-hybridized carbons (Fsp3) is 0.522. The van der Waals surface area contributed by atoms with Crippen molar-refractivity contribution in [3.63, 3.8) is 0 Å². The lowest BCUT2D eigenvalue weighted by Crippen LogP contribution is -2.66. The van der Waals surface area contributed by atoms with Crippen molar-refractivity contribution in [3.05, 3.63) is 40.9 Å². The molecule has 0 bridgehead atoms. The van der Waals surface area contributed by atoms with Gasteiger partial charge in [0.25, 0.3) is 0 Å². The predicted molar refractivity (Wildman–Crippen MR) is 131 cm³/mol. The Morgan fingerprint density at radius 1 is 1.26 bits per heavy atom. The van der Waals surface area contributed by atoms with Gasteiger partial charge in [-0.3, -0.25) is 9.59 Å². The molecular weight excluding hydrogens is 492 g/mol. The van der Waals surface area contributed by atoms with Gasteiger partial charge in [0.15, 0.2) is 0 Å². The molecule has 3 aliphatic heterocycles. The normalized spacial score (nSPS) is 29.1. The van der Waals surface area contributed by atoms with Crippen LogP contribution in [-0.4, -0.2) is 85.1 Å². The summed E-state index contributed by atoms with van der Waals surface area (Å²) in [5, 5.41) is 13.1. The molecule has 1 unspecified atom stereocenters. The van der Waals surface area contributed by atoms with Crippen LogP contribution in [0.5, 0.6) is 0 Å². The zero-order chi connectivity index (χ0) is 25.7. The van der Waals surface area contributed by atoms with E-state index in [-0.39, 0.29) is 33.7 Å².